The van der Waals surface area contributed by atoms with Gasteiger partial charge in [-0.15, -0.1) is 0 Å². The molecule has 0 aliphatic rings. The van der Waals surface area contributed by atoms with E-state index in [1.807, 2.05) is 12.1 Å². The summed E-state index contributed by atoms with van der Waals surface area (Å²) < 4.78 is 12.1. The standard InChI is InChI=1S/C20H20N2O4/c1-4-26-20(24)17-12(2)18(22-10-6-5-7-15(17)22)19(23)13-8-9-14(21)16(11-13)25-3/h5-11H,4,21H2,1-3H3. The molecular formula is C20H20N2O4. The Morgan fingerprint density at radius 2 is 1.96 bits per heavy atom. The van der Waals surface area contributed by atoms with Crippen molar-refractivity contribution in [1.82, 2.24) is 4.40 Å². The first kappa shape index (κ1) is 17.5. The van der Waals surface area contributed by atoms with Crippen LogP contribution in [0.25, 0.3) is 5.52 Å². The Kier molecular flexibility index (Phi) is 4.67. The normalized spacial score (nSPS) is 10.7. The number of carbonyl (C=O) groups is 2. The molecule has 134 valence electrons. The zero-order valence-electron chi connectivity index (χ0n) is 14.9. The molecule has 0 atom stereocenters. The van der Waals surface area contributed by atoms with E-state index in [1.54, 1.807) is 48.7 Å². The quantitative estimate of drug-likeness (QED) is 0.433. The van der Waals surface area contributed by atoms with E-state index in [0.717, 1.165) is 0 Å². The van der Waals surface area contributed by atoms with Crippen LogP contribution in [0.5, 0.6) is 5.75 Å². The summed E-state index contributed by atoms with van der Waals surface area (Å²) in [4.78, 5) is 25.6. The zero-order chi connectivity index (χ0) is 18.8. The highest BCUT2D eigenvalue weighted by Gasteiger charge is 2.26. The minimum Gasteiger partial charge on any atom is -0.495 e. The third-order valence-corrected chi connectivity index (χ3v) is 4.28. The summed E-state index contributed by atoms with van der Waals surface area (Å²) in [5.74, 6) is -0.236. The molecule has 3 aromatic rings. The Morgan fingerprint density at radius 1 is 1.19 bits per heavy atom. The van der Waals surface area contributed by atoms with E-state index < -0.39 is 5.97 Å². The second kappa shape index (κ2) is 6.92. The van der Waals surface area contributed by atoms with Gasteiger partial charge in [-0.25, -0.2) is 4.79 Å². The smallest absolute Gasteiger partial charge is 0.340 e. The Morgan fingerprint density at radius 3 is 2.65 bits per heavy atom. The predicted octanol–water partition coefficient (Wildman–Crippen LogP) is 3.25. The lowest BCUT2D eigenvalue weighted by molar-refractivity contribution is 0.0528. The Labute approximate surface area is 151 Å². The van der Waals surface area contributed by atoms with Crippen LogP contribution in [-0.2, 0) is 4.74 Å². The monoisotopic (exact) mass is 352 g/mol. The van der Waals surface area contributed by atoms with Crippen molar-refractivity contribution < 1.29 is 19.1 Å². The second-order valence-electron chi connectivity index (χ2n) is 5.81. The van der Waals surface area contributed by atoms with Crippen LogP contribution in [0, 0.1) is 6.92 Å². The number of rotatable bonds is 5. The van der Waals surface area contributed by atoms with Crippen LogP contribution >= 0.6 is 0 Å². The number of hydrogen-bond acceptors (Lipinski definition) is 5. The second-order valence-corrected chi connectivity index (χ2v) is 5.81. The van der Waals surface area contributed by atoms with Gasteiger partial charge in [-0.3, -0.25) is 4.79 Å². The van der Waals surface area contributed by atoms with Crippen molar-refractivity contribution in [1.29, 1.82) is 0 Å². The third-order valence-electron chi connectivity index (χ3n) is 4.28. The fourth-order valence-corrected chi connectivity index (χ4v) is 3.06. The van der Waals surface area contributed by atoms with Crippen molar-refractivity contribution >= 4 is 23.0 Å². The summed E-state index contributed by atoms with van der Waals surface area (Å²) in [6.45, 7) is 3.76. The summed E-state index contributed by atoms with van der Waals surface area (Å²) in [6, 6.07) is 10.3. The number of nitrogens with two attached hydrogens (primary N) is 1. The van der Waals surface area contributed by atoms with Crippen molar-refractivity contribution in [2.45, 2.75) is 13.8 Å². The first-order valence-corrected chi connectivity index (χ1v) is 8.24. The molecule has 0 bridgehead atoms. The maximum Gasteiger partial charge on any atom is 0.340 e. The first-order chi connectivity index (χ1) is 12.5. The highest BCUT2D eigenvalue weighted by atomic mass is 16.5. The molecule has 0 spiro atoms. The van der Waals surface area contributed by atoms with Crippen molar-refractivity contribution in [3.05, 3.63) is 65.0 Å². The minimum atomic E-state index is -0.442. The molecule has 2 N–H and O–H groups in total. The number of pyridine rings is 1. The van der Waals surface area contributed by atoms with Gasteiger partial charge in [0.1, 0.15) is 5.75 Å². The maximum atomic E-state index is 13.2. The van der Waals surface area contributed by atoms with Crippen LogP contribution in [0.3, 0.4) is 0 Å². The number of esters is 1. The number of ether oxygens (including phenoxy) is 2. The van der Waals surface area contributed by atoms with Gasteiger partial charge >= 0.3 is 5.97 Å². The van der Waals surface area contributed by atoms with Gasteiger partial charge in [0, 0.05) is 11.8 Å². The molecule has 0 fully saturated rings. The lowest BCUT2D eigenvalue weighted by Crippen LogP contribution is -2.08. The number of carbonyl (C=O) groups excluding carboxylic acids is 2. The summed E-state index contributed by atoms with van der Waals surface area (Å²) >= 11 is 0. The van der Waals surface area contributed by atoms with Gasteiger partial charge in [-0.2, -0.15) is 0 Å². The molecule has 0 aliphatic heterocycles. The van der Waals surface area contributed by atoms with Gasteiger partial charge in [-0.1, -0.05) is 6.07 Å². The molecule has 6 nitrogen and oxygen atoms in total. The molecule has 26 heavy (non-hydrogen) atoms. The predicted molar refractivity (Wildman–Crippen MR) is 98.9 cm³/mol. The average Bonchev–Trinajstić information content (AvgIpc) is 2.93. The van der Waals surface area contributed by atoms with Crippen LogP contribution in [0.1, 0.15) is 38.9 Å². The van der Waals surface area contributed by atoms with Crippen LogP contribution in [0.15, 0.2) is 42.6 Å². The third kappa shape index (κ3) is 2.79. The summed E-state index contributed by atoms with van der Waals surface area (Å²) in [6.07, 6.45) is 1.76. The minimum absolute atomic E-state index is 0.224. The molecule has 0 saturated heterocycles. The Balaban J connectivity index is 2.20. The molecule has 0 aliphatic carbocycles. The van der Waals surface area contributed by atoms with Crippen LogP contribution in [-0.4, -0.2) is 29.9 Å². The summed E-state index contributed by atoms with van der Waals surface area (Å²) in [7, 11) is 1.50. The molecule has 0 amide bonds. The number of ketones is 1. The van der Waals surface area contributed by atoms with E-state index in [2.05, 4.69) is 0 Å². The number of hydrogen-bond donors (Lipinski definition) is 1. The van der Waals surface area contributed by atoms with E-state index in [0.29, 0.717) is 39.3 Å². The van der Waals surface area contributed by atoms with Crippen molar-refractivity contribution in [2.75, 3.05) is 19.5 Å². The molecule has 0 radical (unpaired) electrons. The number of methoxy groups -OCH3 is 1. The molecule has 1 aromatic carbocycles. The largest absolute Gasteiger partial charge is 0.495 e. The summed E-state index contributed by atoms with van der Waals surface area (Å²) in [5, 5.41) is 0. The van der Waals surface area contributed by atoms with Gasteiger partial charge in [0.2, 0.25) is 5.78 Å². The fraction of sp³-hybridized carbons (Fsp3) is 0.200. The van der Waals surface area contributed by atoms with E-state index >= 15 is 0 Å². The molecule has 3 rings (SSSR count). The van der Waals surface area contributed by atoms with Gasteiger partial charge in [0.05, 0.1) is 36.2 Å². The summed E-state index contributed by atoms with van der Waals surface area (Å²) in [5.41, 5.74) is 8.74. The Bertz CT molecular complexity index is 1000. The van der Waals surface area contributed by atoms with Crippen LogP contribution < -0.4 is 10.5 Å². The lowest BCUT2D eigenvalue weighted by Gasteiger charge is -2.08. The number of nitrogens with zero attached hydrogens (tertiary/aromatic N) is 1. The zero-order valence-corrected chi connectivity index (χ0v) is 14.9. The van der Waals surface area contributed by atoms with Gasteiger partial charge < -0.3 is 19.6 Å². The topological polar surface area (TPSA) is 83.0 Å². The molecule has 2 aromatic heterocycles. The lowest BCUT2D eigenvalue weighted by atomic mass is 10.0. The highest BCUT2D eigenvalue weighted by molar-refractivity contribution is 6.13. The van der Waals surface area contributed by atoms with Crippen molar-refractivity contribution in [3.8, 4) is 5.75 Å². The highest BCUT2D eigenvalue weighted by Crippen LogP contribution is 2.28. The number of fused-ring (bicyclic) bond motifs is 1. The van der Waals surface area contributed by atoms with Gasteiger partial charge in [-0.05, 0) is 49.7 Å². The first-order valence-electron chi connectivity index (χ1n) is 8.24. The molecule has 0 unspecified atom stereocenters. The fourth-order valence-electron chi connectivity index (χ4n) is 3.06. The average molecular weight is 352 g/mol. The van der Waals surface area contributed by atoms with E-state index in [4.69, 9.17) is 15.2 Å². The number of anilines is 1. The molecule has 6 heteroatoms. The molecule has 2 heterocycles. The van der Waals surface area contributed by atoms with Crippen molar-refractivity contribution in [2.24, 2.45) is 0 Å². The van der Waals surface area contributed by atoms with E-state index in [-0.39, 0.29) is 12.4 Å². The van der Waals surface area contributed by atoms with Crippen molar-refractivity contribution in [3.63, 3.8) is 0 Å². The Hall–Kier alpha value is -3.28. The number of benzene rings is 1. The van der Waals surface area contributed by atoms with Crippen LogP contribution in [0.4, 0.5) is 5.69 Å². The molecular weight excluding hydrogens is 332 g/mol. The maximum absolute atomic E-state index is 13.2. The number of nitrogen functional groups attached to an aromatic ring is 1. The SMILES string of the molecule is CCOC(=O)c1c(C)c(C(=O)c2ccc(N)c(OC)c2)n2ccccc12. The van der Waals surface area contributed by atoms with E-state index in [9.17, 15) is 9.59 Å². The number of aromatic nitrogens is 1. The van der Waals surface area contributed by atoms with Crippen LogP contribution in [0.2, 0.25) is 0 Å². The van der Waals surface area contributed by atoms with Gasteiger partial charge in [0.25, 0.3) is 0 Å². The van der Waals surface area contributed by atoms with Gasteiger partial charge in [0.15, 0.2) is 0 Å². The molecule has 0 saturated carbocycles. The van der Waals surface area contributed by atoms with E-state index in [1.165, 1.54) is 7.11 Å².